The third kappa shape index (κ3) is 3.49. The fourth-order valence-electron chi connectivity index (χ4n) is 5.03. The number of carbonyl (C=O) groups excluding carboxylic acids is 4. The van der Waals surface area contributed by atoms with Crippen LogP contribution in [0.5, 0.6) is 0 Å². The molecule has 10 heteroatoms. The number of ketones is 1. The van der Waals surface area contributed by atoms with Crippen LogP contribution in [0.4, 0.5) is 11.4 Å². The first kappa shape index (κ1) is 22.0. The van der Waals surface area contributed by atoms with Crippen molar-refractivity contribution in [1.29, 1.82) is 0 Å². The van der Waals surface area contributed by atoms with E-state index in [4.69, 9.17) is 16.3 Å². The standard InChI is InChI=1S/C24H17ClN2O7/c25-17-8-5-13(10-18(17)27(32)33)19(28)11-34-24(31)12-3-6-16(7-4-12)26-22(29)20-14-1-2-15(9-14)21(20)23(26)30/h1-8,10,14-15,20-21H,9,11H2/t14-,15-,20-,21+/m0/s1. The molecule has 34 heavy (non-hydrogen) atoms. The molecule has 5 rings (SSSR count). The number of anilines is 1. The Morgan fingerprint density at radius 1 is 1.00 bits per heavy atom. The Kier molecular flexibility index (Phi) is 5.28. The lowest BCUT2D eigenvalue weighted by molar-refractivity contribution is -0.384. The number of nitro benzene ring substituents is 1. The summed E-state index contributed by atoms with van der Waals surface area (Å²) in [5.74, 6) is -2.29. The van der Waals surface area contributed by atoms with E-state index in [1.54, 1.807) is 0 Å². The average Bonchev–Trinajstić information content (AvgIpc) is 3.51. The zero-order valence-corrected chi connectivity index (χ0v) is 18.3. The van der Waals surface area contributed by atoms with Crippen LogP contribution in [0.25, 0.3) is 0 Å². The van der Waals surface area contributed by atoms with Crippen molar-refractivity contribution in [2.75, 3.05) is 11.5 Å². The van der Waals surface area contributed by atoms with Crippen molar-refractivity contribution in [3.05, 3.63) is 80.9 Å². The number of esters is 1. The number of imide groups is 1. The molecule has 9 nitrogen and oxygen atoms in total. The lowest BCUT2D eigenvalue weighted by atomic mass is 9.85. The number of benzene rings is 2. The number of allylic oxidation sites excluding steroid dienone is 2. The minimum atomic E-state index is -0.790. The number of hydrogen-bond donors (Lipinski definition) is 0. The largest absolute Gasteiger partial charge is 0.454 e. The fraction of sp³-hybridized carbons (Fsp3) is 0.250. The van der Waals surface area contributed by atoms with E-state index in [0.717, 1.165) is 12.5 Å². The van der Waals surface area contributed by atoms with Crippen molar-refractivity contribution >= 4 is 46.5 Å². The van der Waals surface area contributed by atoms with E-state index < -0.39 is 29.0 Å². The van der Waals surface area contributed by atoms with Crippen LogP contribution in [-0.4, -0.2) is 35.1 Å². The third-order valence-electron chi connectivity index (χ3n) is 6.63. The monoisotopic (exact) mass is 480 g/mol. The lowest BCUT2D eigenvalue weighted by Gasteiger charge is -2.17. The molecule has 2 aromatic carbocycles. The van der Waals surface area contributed by atoms with Gasteiger partial charge in [-0.1, -0.05) is 23.8 Å². The Bertz CT molecular complexity index is 1260. The molecule has 0 radical (unpaired) electrons. The van der Waals surface area contributed by atoms with Gasteiger partial charge in [-0.05, 0) is 54.7 Å². The zero-order chi connectivity index (χ0) is 24.1. The Morgan fingerprint density at radius 2 is 1.59 bits per heavy atom. The quantitative estimate of drug-likeness (QED) is 0.154. The van der Waals surface area contributed by atoms with E-state index in [1.165, 1.54) is 41.3 Å². The second-order valence-corrected chi connectivity index (χ2v) is 8.89. The average molecular weight is 481 g/mol. The number of carbonyl (C=O) groups is 4. The van der Waals surface area contributed by atoms with Crippen LogP contribution in [0.1, 0.15) is 27.1 Å². The molecule has 2 aromatic rings. The Labute approximate surface area is 198 Å². The molecule has 1 aliphatic heterocycles. The predicted octanol–water partition coefficient (Wildman–Crippen LogP) is 3.60. The zero-order valence-electron chi connectivity index (χ0n) is 17.5. The maximum atomic E-state index is 12.9. The van der Waals surface area contributed by atoms with Gasteiger partial charge < -0.3 is 4.74 Å². The fourth-order valence-corrected chi connectivity index (χ4v) is 5.21. The summed E-state index contributed by atoms with van der Waals surface area (Å²) in [4.78, 5) is 61.9. The molecule has 2 aliphatic carbocycles. The highest BCUT2D eigenvalue weighted by atomic mass is 35.5. The smallest absolute Gasteiger partial charge is 0.338 e. The highest BCUT2D eigenvalue weighted by molar-refractivity contribution is 6.32. The van der Waals surface area contributed by atoms with E-state index in [9.17, 15) is 29.3 Å². The number of ether oxygens (including phenoxy) is 1. The molecular weight excluding hydrogens is 464 g/mol. The van der Waals surface area contributed by atoms with Gasteiger partial charge in [0.25, 0.3) is 5.69 Å². The van der Waals surface area contributed by atoms with Gasteiger partial charge in [0.15, 0.2) is 6.61 Å². The molecular formula is C24H17ClN2O7. The van der Waals surface area contributed by atoms with E-state index in [-0.39, 0.29) is 51.6 Å². The highest BCUT2D eigenvalue weighted by Gasteiger charge is 2.59. The number of nitrogens with zero attached hydrogens (tertiary/aromatic N) is 2. The number of fused-ring (bicyclic) bond motifs is 5. The summed E-state index contributed by atoms with van der Waals surface area (Å²) < 4.78 is 5.03. The van der Waals surface area contributed by atoms with Crippen molar-refractivity contribution in [2.45, 2.75) is 6.42 Å². The second kappa shape index (κ2) is 8.18. The van der Waals surface area contributed by atoms with Crippen LogP contribution in [0.2, 0.25) is 5.02 Å². The summed E-state index contributed by atoms with van der Waals surface area (Å²) in [5.41, 5.74) is 0.0669. The van der Waals surface area contributed by atoms with Gasteiger partial charge in [-0.15, -0.1) is 0 Å². The van der Waals surface area contributed by atoms with Gasteiger partial charge >= 0.3 is 5.97 Å². The molecule has 172 valence electrons. The SMILES string of the molecule is O=C(COC(=O)c1ccc(N2C(=O)[C@@H]3[C@H](C2=O)[C@H]2C=C[C@H]3C2)cc1)c1ccc(Cl)c([N+](=O)[O-])c1. The molecule has 2 fully saturated rings. The Hall–Kier alpha value is -3.85. The summed E-state index contributed by atoms with van der Waals surface area (Å²) in [6.45, 7) is -0.623. The summed E-state index contributed by atoms with van der Waals surface area (Å²) in [7, 11) is 0. The van der Waals surface area contributed by atoms with E-state index >= 15 is 0 Å². The van der Waals surface area contributed by atoms with Crippen LogP contribution < -0.4 is 4.90 Å². The van der Waals surface area contributed by atoms with Crippen LogP contribution in [0.3, 0.4) is 0 Å². The molecule has 2 amide bonds. The summed E-state index contributed by atoms with van der Waals surface area (Å²) in [6.07, 6.45) is 4.87. The maximum Gasteiger partial charge on any atom is 0.338 e. The predicted molar refractivity (Wildman–Crippen MR) is 119 cm³/mol. The van der Waals surface area contributed by atoms with Crippen LogP contribution in [0.15, 0.2) is 54.6 Å². The van der Waals surface area contributed by atoms with Crippen molar-refractivity contribution in [3.8, 4) is 0 Å². The summed E-state index contributed by atoms with van der Waals surface area (Å²) >= 11 is 5.74. The molecule has 0 unspecified atom stereocenters. The van der Waals surface area contributed by atoms with Gasteiger partial charge in [0.2, 0.25) is 17.6 Å². The molecule has 4 atom stereocenters. The van der Waals surface area contributed by atoms with Gasteiger partial charge in [-0.2, -0.15) is 0 Å². The molecule has 1 saturated carbocycles. The molecule has 1 heterocycles. The number of nitro groups is 1. The second-order valence-electron chi connectivity index (χ2n) is 8.48. The highest BCUT2D eigenvalue weighted by Crippen LogP contribution is 2.53. The number of hydrogen-bond acceptors (Lipinski definition) is 7. The first-order valence-electron chi connectivity index (χ1n) is 10.6. The van der Waals surface area contributed by atoms with E-state index in [1.807, 2.05) is 12.2 Å². The number of amides is 2. The minimum absolute atomic E-state index is 0.0145. The van der Waals surface area contributed by atoms with E-state index in [0.29, 0.717) is 5.69 Å². The Morgan fingerprint density at radius 3 is 2.18 bits per heavy atom. The molecule has 0 spiro atoms. The van der Waals surface area contributed by atoms with Crippen LogP contribution >= 0.6 is 11.6 Å². The lowest BCUT2D eigenvalue weighted by Crippen LogP contribution is -2.32. The van der Waals surface area contributed by atoms with Crippen molar-refractivity contribution in [3.63, 3.8) is 0 Å². The molecule has 3 aliphatic rings. The van der Waals surface area contributed by atoms with Crippen molar-refractivity contribution in [2.24, 2.45) is 23.7 Å². The molecule has 1 saturated heterocycles. The van der Waals surface area contributed by atoms with Gasteiger partial charge in [0.1, 0.15) is 5.02 Å². The third-order valence-corrected chi connectivity index (χ3v) is 6.95. The van der Waals surface area contributed by atoms with Gasteiger partial charge in [-0.25, -0.2) is 4.79 Å². The number of halogens is 1. The summed E-state index contributed by atoms with van der Waals surface area (Å²) in [6, 6.07) is 9.37. The minimum Gasteiger partial charge on any atom is -0.454 e. The number of rotatable bonds is 6. The number of Topliss-reactive ketones (excluding diaryl/α,β-unsaturated/α-hetero) is 1. The maximum absolute atomic E-state index is 12.9. The topological polar surface area (TPSA) is 124 Å². The normalized spacial score (nSPS) is 24.4. The molecule has 2 bridgehead atoms. The first-order chi connectivity index (χ1) is 16.3. The van der Waals surface area contributed by atoms with Crippen LogP contribution in [-0.2, 0) is 14.3 Å². The van der Waals surface area contributed by atoms with E-state index in [2.05, 4.69) is 0 Å². The van der Waals surface area contributed by atoms with Crippen LogP contribution in [0, 0.1) is 33.8 Å². The van der Waals surface area contributed by atoms with Gasteiger partial charge in [0, 0.05) is 11.6 Å². The molecule has 0 aromatic heterocycles. The van der Waals surface area contributed by atoms with Gasteiger partial charge in [0.05, 0.1) is 28.0 Å². The van der Waals surface area contributed by atoms with Crippen molar-refractivity contribution in [1.82, 2.24) is 0 Å². The summed E-state index contributed by atoms with van der Waals surface area (Å²) in [5, 5.41) is 10.9. The first-order valence-corrected chi connectivity index (χ1v) is 10.9. The molecule has 0 N–H and O–H groups in total. The Balaban J connectivity index is 1.24. The van der Waals surface area contributed by atoms with Gasteiger partial charge in [-0.3, -0.25) is 29.4 Å². The van der Waals surface area contributed by atoms with Crippen molar-refractivity contribution < 1.29 is 28.8 Å².